The van der Waals surface area contributed by atoms with E-state index in [1.165, 1.54) is 36.3 Å². The van der Waals surface area contributed by atoms with Gasteiger partial charge in [-0.05, 0) is 187 Å². The largest absolute Gasteiger partial charge is 0.0693 e. The summed E-state index contributed by atoms with van der Waals surface area (Å²) in [6.07, 6.45) is 3.24. The molecule has 63 heavy (non-hydrogen) atoms. The molecule has 0 saturated heterocycles. The topological polar surface area (TPSA) is 0 Å². The lowest BCUT2D eigenvalue weighted by molar-refractivity contribution is 1.19. The first-order valence-electron chi connectivity index (χ1n) is 24.8. The van der Waals surface area contributed by atoms with Gasteiger partial charge < -0.3 is 0 Å². The van der Waals surface area contributed by atoms with Gasteiger partial charge in [-0.3, -0.25) is 0 Å². The van der Waals surface area contributed by atoms with Gasteiger partial charge in [-0.1, -0.05) is 154 Å². The summed E-state index contributed by atoms with van der Waals surface area (Å²) in [4.78, 5) is 0. The molecule has 0 saturated carbocycles. The van der Waals surface area contributed by atoms with Crippen molar-refractivity contribution in [1.29, 1.82) is 0 Å². The van der Waals surface area contributed by atoms with Crippen molar-refractivity contribution in [3.05, 3.63) is 103 Å². The van der Waals surface area contributed by atoms with Crippen LogP contribution in [-0.2, 0) is 55.5 Å². The third-order valence-corrected chi connectivity index (χ3v) is 23.3. The highest BCUT2D eigenvalue weighted by atomic mass is 28.3. The zero-order valence-electron chi connectivity index (χ0n) is 42.8. The van der Waals surface area contributed by atoms with E-state index in [9.17, 15) is 0 Å². The lowest BCUT2D eigenvalue weighted by Gasteiger charge is -2.24. The van der Waals surface area contributed by atoms with E-state index in [0.717, 1.165) is 19.3 Å². The van der Waals surface area contributed by atoms with Crippen molar-refractivity contribution >= 4 is 113 Å². The summed E-state index contributed by atoms with van der Waals surface area (Å²) in [5.74, 6) is 0. The van der Waals surface area contributed by atoms with E-state index >= 15 is 0 Å². The second-order valence-electron chi connectivity index (χ2n) is 28.6. The van der Waals surface area contributed by atoms with E-state index in [0.29, 0.717) is 0 Å². The number of hydrogen-bond acceptors (Lipinski definition) is 0. The first-order valence-corrected chi connectivity index (χ1v) is 47.1. The zero-order chi connectivity index (χ0) is 45.5. The molecule has 10 rings (SSSR count). The van der Waals surface area contributed by atoms with Crippen molar-refractivity contribution in [2.75, 3.05) is 0 Å². The van der Waals surface area contributed by atoms with Crippen molar-refractivity contribution in [1.82, 2.24) is 0 Å². The number of fused-ring (bicyclic) bond motifs is 9. The standard InChI is InChI=1S/C57H78Si6/c1-58(2,3)28-34-19-40-41(20-35(34)29-59(4,5)6)47-26-49-44-23-38(32-62(13,14)15)39(33-63(16,17)18)24-45(44)51-27-50-43-22-37(31-61(10,11)12)36(30-60(7,8)9)21-42(43)48-25-46(40)52-53(47)55(49)57(51)56(50)54(48)52/h19-24H,25-33H2,1-18H3. The van der Waals surface area contributed by atoms with Crippen LogP contribution in [0.15, 0.2) is 36.4 Å². The predicted molar refractivity (Wildman–Crippen MR) is 302 cm³/mol. The van der Waals surface area contributed by atoms with Gasteiger partial charge in [0, 0.05) is 48.4 Å². The summed E-state index contributed by atoms with van der Waals surface area (Å²) in [6.45, 7) is 46.6. The van der Waals surface area contributed by atoms with Gasteiger partial charge >= 0.3 is 0 Å². The second kappa shape index (κ2) is 14.0. The lowest BCUT2D eigenvalue weighted by atomic mass is 9.88. The van der Waals surface area contributed by atoms with Crippen molar-refractivity contribution < 1.29 is 0 Å². The van der Waals surface area contributed by atoms with Crippen LogP contribution in [0.3, 0.4) is 0 Å². The maximum atomic E-state index is 2.79. The minimum Gasteiger partial charge on any atom is -0.0693 e. The number of hydrogen-bond donors (Lipinski definition) is 0. The molecule has 0 heterocycles. The highest BCUT2D eigenvalue weighted by Gasteiger charge is 2.38. The fourth-order valence-corrected chi connectivity index (χ4v) is 21.8. The lowest BCUT2D eigenvalue weighted by Crippen LogP contribution is -2.28. The van der Waals surface area contributed by atoms with E-state index in [-0.39, 0.29) is 0 Å². The molecule has 0 atom stereocenters. The maximum Gasteiger partial charge on any atom is 0.0487 e. The van der Waals surface area contributed by atoms with Gasteiger partial charge in [0.25, 0.3) is 0 Å². The Morgan fingerprint density at radius 1 is 0.238 bits per heavy atom. The summed E-state index contributed by atoms with van der Waals surface area (Å²) in [5.41, 5.74) is 20.1. The molecule has 3 aliphatic carbocycles. The average molecular weight is 932 g/mol. The normalized spacial score (nSPS) is 15.3. The smallest absolute Gasteiger partial charge is 0.0487 e. The average Bonchev–Trinajstić information content (AvgIpc) is 3.78. The Balaban J connectivity index is 1.39. The molecule has 0 amide bonds. The van der Waals surface area contributed by atoms with Crippen LogP contribution in [0.25, 0.3) is 64.6 Å². The van der Waals surface area contributed by atoms with Gasteiger partial charge in [-0.2, -0.15) is 0 Å². The summed E-state index contributed by atoms with van der Waals surface area (Å²) in [5, 5.41) is 19.6. The molecular weight excluding hydrogens is 853 g/mol. The molecule has 330 valence electrons. The molecular formula is C57H78Si6. The van der Waals surface area contributed by atoms with E-state index in [1.807, 2.05) is 0 Å². The highest BCUT2D eigenvalue weighted by Crippen LogP contribution is 2.59. The summed E-state index contributed by atoms with van der Waals surface area (Å²) < 4.78 is 0. The summed E-state index contributed by atoms with van der Waals surface area (Å²) in [6, 6.07) is 24.4. The molecule has 0 N–H and O–H groups in total. The molecule has 6 heteroatoms. The van der Waals surface area contributed by atoms with Crippen molar-refractivity contribution in [3.63, 3.8) is 0 Å². The number of rotatable bonds is 12. The van der Waals surface area contributed by atoms with Crippen molar-refractivity contribution in [2.45, 2.75) is 173 Å². The van der Waals surface area contributed by atoms with Gasteiger partial charge in [0.15, 0.2) is 0 Å². The fraction of sp³-hybridized carbons (Fsp3) is 0.474. The molecule has 0 unspecified atom stereocenters. The summed E-state index contributed by atoms with van der Waals surface area (Å²) in [7, 11) is -8.27. The highest BCUT2D eigenvalue weighted by molar-refractivity contribution is 6.78. The Kier molecular flexibility index (Phi) is 9.82. The van der Waals surface area contributed by atoms with E-state index in [2.05, 4.69) is 154 Å². The second-order valence-corrected chi connectivity index (χ2v) is 61.4. The molecule has 0 nitrogen and oxygen atoms in total. The van der Waals surface area contributed by atoms with Crippen LogP contribution in [-0.4, -0.2) is 48.4 Å². The van der Waals surface area contributed by atoms with E-state index in [1.54, 1.807) is 131 Å². The van der Waals surface area contributed by atoms with Crippen molar-refractivity contribution in [3.8, 4) is 0 Å². The molecule has 0 radical (unpaired) electrons. The SMILES string of the molecule is C[Si](C)(C)Cc1cc2c3c4c5c(c6cc(C[Si](C)(C)C)c(C[Si](C)(C)C)cc6c6c5c5c(c7cc(C[Si](C)(C)C)c(C[Si](C)(C)C)cc7c7c5c4c(c2cc1C[Si](C)(C)C)C7)C6)C3. The minimum absolute atomic E-state index is 1.08. The van der Waals surface area contributed by atoms with Gasteiger partial charge in [0.05, 0.1) is 0 Å². The molecule has 0 aromatic heterocycles. The van der Waals surface area contributed by atoms with Gasteiger partial charge in [-0.25, -0.2) is 0 Å². The Morgan fingerprint density at radius 2 is 0.365 bits per heavy atom. The summed E-state index contributed by atoms with van der Waals surface area (Å²) >= 11 is 0. The Bertz CT molecular complexity index is 2600. The van der Waals surface area contributed by atoms with Gasteiger partial charge in [0.1, 0.15) is 0 Å². The van der Waals surface area contributed by atoms with E-state index in [4.69, 9.17) is 0 Å². The van der Waals surface area contributed by atoms with Crippen LogP contribution in [0.5, 0.6) is 0 Å². The van der Waals surface area contributed by atoms with Crippen LogP contribution in [0, 0.1) is 0 Å². The predicted octanol–water partition coefficient (Wildman–Crippen LogP) is 16.8. The van der Waals surface area contributed by atoms with E-state index < -0.39 is 48.4 Å². The van der Waals surface area contributed by atoms with Crippen LogP contribution in [0.4, 0.5) is 0 Å². The quantitative estimate of drug-likeness (QED) is 0.0651. The van der Waals surface area contributed by atoms with Crippen molar-refractivity contribution in [2.24, 2.45) is 0 Å². The zero-order valence-corrected chi connectivity index (χ0v) is 48.8. The Hall–Kier alpha value is -2.60. The molecule has 0 aliphatic heterocycles. The Labute approximate surface area is 387 Å². The number of benzene rings is 7. The fourth-order valence-electron chi connectivity index (χ4n) is 13.0. The minimum atomic E-state index is -1.38. The van der Waals surface area contributed by atoms with Crippen LogP contribution in [0.2, 0.25) is 118 Å². The van der Waals surface area contributed by atoms with Crippen LogP contribution < -0.4 is 0 Å². The third-order valence-electron chi connectivity index (χ3n) is 14.7. The Morgan fingerprint density at radius 3 is 0.476 bits per heavy atom. The molecule has 7 aromatic carbocycles. The molecule has 7 aromatic rings. The van der Waals surface area contributed by atoms with Crippen LogP contribution in [0.1, 0.15) is 66.8 Å². The monoisotopic (exact) mass is 930 g/mol. The third kappa shape index (κ3) is 7.70. The van der Waals surface area contributed by atoms with Crippen LogP contribution >= 0.6 is 0 Å². The molecule has 0 bridgehead atoms. The molecule has 0 fully saturated rings. The maximum absolute atomic E-state index is 2.79. The van der Waals surface area contributed by atoms with Gasteiger partial charge in [0.2, 0.25) is 0 Å². The molecule has 0 spiro atoms. The first kappa shape index (κ1) is 44.2. The van der Waals surface area contributed by atoms with Gasteiger partial charge in [-0.15, -0.1) is 0 Å². The first-order chi connectivity index (χ1) is 28.9. The molecule has 3 aliphatic rings.